The molecule has 0 aromatic rings. The second kappa shape index (κ2) is 35.4. The third-order valence-corrected chi connectivity index (χ3v) is 8.90. The Hall–Kier alpha value is -1.47. The molecule has 0 saturated heterocycles. The van der Waals surface area contributed by atoms with Crippen molar-refractivity contribution in [1.29, 1.82) is 0 Å². The van der Waals surface area contributed by atoms with Crippen LogP contribution in [0.1, 0.15) is 194 Å². The van der Waals surface area contributed by atoms with Gasteiger partial charge in [0.05, 0.1) is 14.4 Å². The first-order valence-corrected chi connectivity index (χ1v) is 21.1. The molecule has 0 aliphatic carbocycles. The Kier molecular flexibility index (Phi) is 34.3. The van der Waals surface area contributed by atoms with E-state index in [0.717, 1.165) is 64.2 Å². The van der Waals surface area contributed by atoms with Crippen molar-refractivity contribution in [3.63, 3.8) is 0 Å². The van der Waals surface area contributed by atoms with Crippen molar-refractivity contribution in [2.24, 2.45) is 0 Å². The summed E-state index contributed by atoms with van der Waals surface area (Å²) in [6, 6.07) is 0. The summed E-state index contributed by atoms with van der Waals surface area (Å²) in [6.07, 6.45) is 38.5. The van der Waals surface area contributed by atoms with Gasteiger partial charge in [-0.3, -0.25) is 9.59 Å². The molecule has 0 fully saturated rings. The van der Waals surface area contributed by atoms with E-state index in [1.165, 1.54) is 89.9 Å². The van der Waals surface area contributed by atoms with Crippen LogP contribution in [-0.2, 0) is 28.2 Å². The molecule has 282 valence electrons. The quantitative estimate of drug-likeness (QED) is 0.0274. The Morgan fingerprint density at radius 2 is 0.875 bits per heavy atom. The van der Waals surface area contributed by atoms with Gasteiger partial charge in [0.1, 0.15) is 6.61 Å². The van der Waals surface area contributed by atoms with Gasteiger partial charge in [-0.15, -0.1) is 0 Å². The first-order chi connectivity index (χ1) is 23.3. The molecule has 1 unspecified atom stereocenters. The zero-order valence-corrected chi connectivity index (χ0v) is 31.7. The van der Waals surface area contributed by atoms with Crippen LogP contribution in [0.3, 0.4) is 0 Å². The Bertz CT molecular complexity index is 838. The van der Waals surface area contributed by atoms with Crippen molar-refractivity contribution in [1.82, 2.24) is 0 Å². The highest BCUT2D eigenvalue weighted by atomic mass is 31.2. The molecule has 0 aliphatic rings. The first-order valence-electron chi connectivity index (χ1n) is 19.6. The van der Waals surface area contributed by atoms with Crippen LogP contribution >= 0.6 is 7.82 Å². The zero-order chi connectivity index (χ0) is 35.4. The third kappa shape index (κ3) is 37.4. The SMILES string of the molecule is CCCCCCCCC=CCCCCCCCC(=O)OCC(COP(=O)([O-])[O-])OC(=O)CCCCCCCC=CCCCCCCCC. The highest BCUT2D eigenvalue weighted by Crippen LogP contribution is 2.25. The fraction of sp³-hybridized carbons (Fsp3) is 0.846. The number of phosphoric ester groups is 1. The van der Waals surface area contributed by atoms with E-state index in [-0.39, 0.29) is 19.4 Å². The summed E-state index contributed by atoms with van der Waals surface area (Å²) in [5, 5.41) is 0. The minimum absolute atomic E-state index is 0.171. The molecule has 1 atom stereocenters. The molecule has 0 amide bonds. The predicted octanol–water partition coefficient (Wildman–Crippen LogP) is 10.4. The lowest BCUT2D eigenvalue weighted by atomic mass is 10.1. The molecule has 0 aromatic carbocycles. The van der Waals surface area contributed by atoms with Crippen molar-refractivity contribution >= 4 is 19.8 Å². The lowest BCUT2D eigenvalue weighted by Crippen LogP contribution is -2.31. The number of esters is 2. The molecule has 0 N–H and O–H groups in total. The number of allylic oxidation sites excluding steroid dienone is 4. The van der Waals surface area contributed by atoms with Gasteiger partial charge in [0.25, 0.3) is 0 Å². The Balaban J connectivity index is 3.97. The molecule has 0 bridgehead atoms. The maximum Gasteiger partial charge on any atom is 0.306 e. The second-order valence-electron chi connectivity index (χ2n) is 13.2. The number of rotatable bonds is 36. The summed E-state index contributed by atoms with van der Waals surface area (Å²) >= 11 is 0. The van der Waals surface area contributed by atoms with Gasteiger partial charge in [-0.1, -0.05) is 141 Å². The van der Waals surface area contributed by atoms with E-state index >= 15 is 0 Å². The maximum absolute atomic E-state index is 12.3. The minimum atomic E-state index is -5.25. The van der Waals surface area contributed by atoms with Crippen molar-refractivity contribution in [3.05, 3.63) is 24.3 Å². The largest absolute Gasteiger partial charge is 0.790 e. The number of hydrogen-bond acceptors (Lipinski definition) is 8. The number of hydrogen-bond donors (Lipinski definition) is 0. The number of carbonyl (C=O) groups excluding carboxylic acids is 2. The van der Waals surface area contributed by atoms with Gasteiger partial charge in [0.2, 0.25) is 0 Å². The number of phosphoric acid groups is 1. The standard InChI is InChI=1S/C39H73O8P/c1-3-5-7-9-11-13-15-17-19-21-23-25-27-29-31-33-38(40)45-35-37(36-46-48(42,43)44)47-39(41)34-32-30-28-26-24-22-20-18-16-14-12-10-8-6-4-2/h17-20,37H,3-16,21-36H2,1-2H3,(H2,42,43,44)/p-2. The van der Waals surface area contributed by atoms with E-state index in [0.29, 0.717) is 12.8 Å². The molecule has 0 spiro atoms. The fourth-order valence-electron chi connectivity index (χ4n) is 5.47. The number of carbonyl (C=O) groups is 2. The van der Waals surface area contributed by atoms with Crippen molar-refractivity contribution < 1.29 is 37.9 Å². The molecular weight excluding hydrogens is 627 g/mol. The van der Waals surface area contributed by atoms with E-state index in [1.54, 1.807) is 0 Å². The van der Waals surface area contributed by atoms with Crippen molar-refractivity contribution in [2.45, 2.75) is 200 Å². The molecular formula is C39H71O8P-2. The lowest BCUT2D eigenvalue weighted by Gasteiger charge is -2.30. The first kappa shape index (κ1) is 46.5. The minimum Gasteiger partial charge on any atom is -0.790 e. The molecule has 0 aromatic heterocycles. The van der Waals surface area contributed by atoms with E-state index in [4.69, 9.17) is 9.47 Å². The smallest absolute Gasteiger partial charge is 0.306 e. The molecule has 0 heterocycles. The highest BCUT2D eigenvalue weighted by molar-refractivity contribution is 7.43. The van der Waals surface area contributed by atoms with Gasteiger partial charge in [0.15, 0.2) is 6.10 Å². The van der Waals surface area contributed by atoms with E-state index in [2.05, 4.69) is 42.7 Å². The summed E-state index contributed by atoms with van der Waals surface area (Å²) in [5.74, 6) is -0.973. The van der Waals surface area contributed by atoms with Gasteiger partial charge in [-0.2, -0.15) is 0 Å². The number of unbranched alkanes of at least 4 members (excludes halogenated alkanes) is 22. The highest BCUT2D eigenvalue weighted by Gasteiger charge is 2.18. The van der Waals surface area contributed by atoms with E-state index < -0.39 is 32.5 Å². The lowest BCUT2D eigenvalue weighted by molar-refractivity contribution is -0.343. The summed E-state index contributed by atoms with van der Waals surface area (Å²) in [4.78, 5) is 46.4. The van der Waals surface area contributed by atoms with Crippen LogP contribution in [0, 0.1) is 0 Å². The molecule has 0 radical (unpaired) electrons. The van der Waals surface area contributed by atoms with Crippen molar-refractivity contribution in [3.8, 4) is 0 Å². The fourth-order valence-corrected chi connectivity index (χ4v) is 5.82. The molecule has 0 aliphatic heterocycles. The van der Waals surface area contributed by atoms with Crippen LogP contribution in [0.5, 0.6) is 0 Å². The molecule has 9 heteroatoms. The van der Waals surface area contributed by atoms with Crippen LogP contribution in [0.15, 0.2) is 24.3 Å². The Morgan fingerprint density at radius 1 is 0.521 bits per heavy atom. The van der Waals surface area contributed by atoms with E-state index in [9.17, 15) is 23.9 Å². The average molecular weight is 699 g/mol. The van der Waals surface area contributed by atoms with Crippen LogP contribution < -0.4 is 9.79 Å². The second-order valence-corrected chi connectivity index (χ2v) is 14.4. The van der Waals surface area contributed by atoms with Crippen LogP contribution in [0.2, 0.25) is 0 Å². The Morgan fingerprint density at radius 3 is 1.27 bits per heavy atom. The van der Waals surface area contributed by atoms with Crippen LogP contribution in [-0.4, -0.2) is 31.3 Å². The predicted molar refractivity (Wildman–Crippen MR) is 193 cm³/mol. The van der Waals surface area contributed by atoms with Gasteiger partial charge in [-0.25, -0.2) is 0 Å². The summed E-state index contributed by atoms with van der Waals surface area (Å²) in [5.41, 5.74) is 0. The third-order valence-electron chi connectivity index (χ3n) is 8.43. The maximum atomic E-state index is 12.3. The van der Waals surface area contributed by atoms with Gasteiger partial charge in [0, 0.05) is 12.8 Å². The number of ether oxygens (including phenoxy) is 2. The van der Waals surface area contributed by atoms with Gasteiger partial charge < -0.3 is 28.3 Å². The molecule has 48 heavy (non-hydrogen) atoms. The Labute approximate surface area is 294 Å². The van der Waals surface area contributed by atoms with Crippen LogP contribution in [0.25, 0.3) is 0 Å². The van der Waals surface area contributed by atoms with Crippen molar-refractivity contribution in [2.75, 3.05) is 13.2 Å². The average Bonchev–Trinajstić information content (AvgIpc) is 3.05. The topological polar surface area (TPSA) is 125 Å². The summed E-state index contributed by atoms with van der Waals surface area (Å²) in [6.45, 7) is 3.47. The van der Waals surface area contributed by atoms with Gasteiger partial charge in [-0.05, 0) is 64.2 Å². The monoisotopic (exact) mass is 698 g/mol. The van der Waals surface area contributed by atoms with Gasteiger partial charge >= 0.3 is 11.9 Å². The molecule has 8 nitrogen and oxygen atoms in total. The molecule has 0 saturated carbocycles. The summed E-state index contributed by atoms with van der Waals surface area (Å²) < 4.78 is 25.8. The van der Waals surface area contributed by atoms with Crippen LogP contribution in [0.4, 0.5) is 0 Å². The molecule has 0 rings (SSSR count). The van der Waals surface area contributed by atoms with E-state index in [1.807, 2.05) is 0 Å². The summed E-state index contributed by atoms with van der Waals surface area (Å²) in [7, 11) is -5.25. The normalized spacial score (nSPS) is 12.7. The zero-order valence-electron chi connectivity index (χ0n) is 30.8.